The molecule has 7 rings (SSSR count). The van der Waals surface area contributed by atoms with Gasteiger partial charge in [-0.1, -0.05) is 31.0 Å². The van der Waals surface area contributed by atoms with E-state index in [9.17, 15) is 0 Å². The molecule has 0 radical (unpaired) electrons. The third-order valence-corrected chi connectivity index (χ3v) is 8.58. The number of nitrogens with zero attached hydrogens (tertiary/aromatic N) is 2. The lowest BCUT2D eigenvalue weighted by atomic mass is 9.89. The Bertz CT molecular complexity index is 1760. The summed E-state index contributed by atoms with van der Waals surface area (Å²) in [5.74, 6) is 0.675. The van der Waals surface area contributed by atoms with Crippen LogP contribution in [0.15, 0.2) is 42.6 Å². The minimum atomic E-state index is 0.675. The molecular formula is C31H31N2+. The normalized spacial score (nSPS) is 15.4. The molecule has 1 aliphatic rings. The van der Waals surface area contributed by atoms with E-state index in [-0.39, 0.29) is 0 Å². The molecule has 0 amide bonds. The number of fused-ring (bicyclic) bond motifs is 6. The second-order valence-corrected chi connectivity index (χ2v) is 10.6. The molecule has 0 atom stereocenters. The van der Waals surface area contributed by atoms with Gasteiger partial charge in [-0.3, -0.25) is 0 Å². The molecule has 0 N–H and O–H groups in total. The first-order chi connectivity index (χ1) is 16.0. The van der Waals surface area contributed by atoms with E-state index >= 15 is 0 Å². The van der Waals surface area contributed by atoms with Crippen LogP contribution in [0.1, 0.15) is 59.4 Å². The van der Waals surface area contributed by atoms with Crippen LogP contribution in [0.2, 0.25) is 0 Å². The van der Waals surface area contributed by atoms with Crippen LogP contribution in [0.4, 0.5) is 0 Å². The molecule has 3 heterocycles. The summed E-state index contributed by atoms with van der Waals surface area (Å²) in [5, 5.41) is 7.14. The van der Waals surface area contributed by atoms with Crippen molar-refractivity contribution in [2.75, 3.05) is 0 Å². The fourth-order valence-corrected chi connectivity index (χ4v) is 6.94. The monoisotopic (exact) mass is 431 g/mol. The molecule has 0 aliphatic heterocycles. The third-order valence-electron chi connectivity index (χ3n) is 8.58. The minimum Gasteiger partial charge on any atom is -0.307 e. The van der Waals surface area contributed by atoms with Gasteiger partial charge in [0.05, 0.1) is 27.3 Å². The first kappa shape index (κ1) is 19.3. The molecule has 1 fully saturated rings. The summed E-state index contributed by atoms with van der Waals surface area (Å²) in [6.07, 6.45) is 7.63. The lowest BCUT2D eigenvalue weighted by molar-refractivity contribution is -0.643. The number of hydrogen-bond acceptors (Lipinski definition) is 0. The van der Waals surface area contributed by atoms with Gasteiger partial charge < -0.3 is 4.40 Å². The molecule has 3 aromatic carbocycles. The van der Waals surface area contributed by atoms with E-state index in [4.69, 9.17) is 0 Å². The van der Waals surface area contributed by atoms with Crippen molar-refractivity contribution in [1.82, 2.24) is 4.40 Å². The van der Waals surface area contributed by atoms with Crippen molar-refractivity contribution >= 4 is 49.0 Å². The quantitative estimate of drug-likeness (QED) is 0.143. The van der Waals surface area contributed by atoms with Crippen molar-refractivity contribution < 1.29 is 4.57 Å². The highest BCUT2D eigenvalue weighted by atomic mass is 15.0. The van der Waals surface area contributed by atoms with Gasteiger partial charge in [-0.2, -0.15) is 0 Å². The highest BCUT2D eigenvalue weighted by molar-refractivity contribution is 6.28. The molecule has 1 aliphatic carbocycles. The molecule has 6 aromatic rings. The number of aryl methyl sites for hydroxylation is 5. The Balaban J connectivity index is 1.91. The molecule has 33 heavy (non-hydrogen) atoms. The van der Waals surface area contributed by atoms with E-state index in [2.05, 4.69) is 86.3 Å². The number of aromatic nitrogens is 2. The van der Waals surface area contributed by atoms with Crippen LogP contribution in [-0.2, 0) is 7.05 Å². The minimum absolute atomic E-state index is 0.675. The first-order valence-electron chi connectivity index (χ1n) is 12.5. The molecule has 164 valence electrons. The fourth-order valence-electron chi connectivity index (χ4n) is 6.94. The maximum Gasteiger partial charge on any atom is 0.224 e. The highest BCUT2D eigenvalue weighted by Crippen LogP contribution is 2.47. The summed E-state index contributed by atoms with van der Waals surface area (Å²) < 4.78 is 4.98. The van der Waals surface area contributed by atoms with Crippen molar-refractivity contribution in [2.45, 2.75) is 59.3 Å². The summed E-state index contributed by atoms with van der Waals surface area (Å²) in [6, 6.07) is 14.4. The number of rotatable bonds is 1. The maximum atomic E-state index is 2.63. The number of hydrogen-bond donors (Lipinski definition) is 0. The topological polar surface area (TPSA) is 8.29 Å². The van der Waals surface area contributed by atoms with Crippen LogP contribution < -0.4 is 4.57 Å². The van der Waals surface area contributed by atoms with E-state index in [0.717, 1.165) is 0 Å². The average molecular weight is 432 g/mol. The summed E-state index contributed by atoms with van der Waals surface area (Å²) >= 11 is 0. The molecule has 0 unspecified atom stereocenters. The van der Waals surface area contributed by atoms with E-state index in [0.29, 0.717) is 5.92 Å². The van der Waals surface area contributed by atoms with Gasteiger partial charge in [0.25, 0.3) is 0 Å². The summed E-state index contributed by atoms with van der Waals surface area (Å²) in [6.45, 7) is 9.08. The molecule has 1 saturated carbocycles. The zero-order valence-electron chi connectivity index (χ0n) is 20.3. The molecule has 0 spiro atoms. The van der Waals surface area contributed by atoms with Crippen LogP contribution >= 0.6 is 0 Å². The van der Waals surface area contributed by atoms with Crippen molar-refractivity contribution in [1.29, 1.82) is 0 Å². The highest BCUT2D eigenvalue weighted by Gasteiger charge is 2.29. The Morgan fingerprint density at radius 1 is 0.818 bits per heavy atom. The van der Waals surface area contributed by atoms with Gasteiger partial charge >= 0.3 is 0 Å². The third kappa shape index (κ3) is 2.37. The average Bonchev–Trinajstić information content (AvgIpc) is 3.44. The van der Waals surface area contributed by atoms with E-state index in [1.807, 2.05) is 0 Å². The second-order valence-electron chi connectivity index (χ2n) is 10.6. The van der Waals surface area contributed by atoms with Gasteiger partial charge in [0.2, 0.25) is 5.52 Å². The first-order valence-corrected chi connectivity index (χ1v) is 12.5. The smallest absolute Gasteiger partial charge is 0.224 e. The maximum absolute atomic E-state index is 2.63. The van der Waals surface area contributed by atoms with Gasteiger partial charge in [0, 0.05) is 16.8 Å². The zero-order valence-corrected chi connectivity index (χ0v) is 20.3. The molecule has 2 nitrogen and oxygen atoms in total. The molecular weight excluding hydrogens is 400 g/mol. The van der Waals surface area contributed by atoms with Crippen LogP contribution in [0.3, 0.4) is 0 Å². The van der Waals surface area contributed by atoms with Crippen molar-refractivity contribution in [3.8, 4) is 0 Å². The van der Waals surface area contributed by atoms with Gasteiger partial charge in [0.1, 0.15) is 7.05 Å². The SMILES string of the molecule is Cc1ccc2c3c(C4CCCC4)cc4cc[n+](C)c5c6c(C)c(C)cc(C)c6n(c2c1)c3c45. The summed E-state index contributed by atoms with van der Waals surface area (Å²) in [4.78, 5) is 0. The van der Waals surface area contributed by atoms with Crippen LogP contribution in [0, 0.1) is 27.7 Å². The lowest BCUT2D eigenvalue weighted by Crippen LogP contribution is -2.29. The zero-order chi connectivity index (χ0) is 22.6. The standard InChI is InChI=1S/C31H31N2/c1-17-10-11-23-25(14-17)33-29-19(3)15-18(2)20(4)26(29)30-27-22(12-13-32(30)5)16-24(28(23)31(27)33)21-8-6-7-9-21/h10-16,21H,6-9H2,1-5H3/q+1. The van der Waals surface area contributed by atoms with E-state index in [1.165, 1.54) is 96.9 Å². The Morgan fingerprint density at radius 3 is 2.39 bits per heavy atom. The van der Waals surface area contributed by atoms with E-state index in [1.54, 1.807) is 5.56 Å². The predicted octanol–water partition coefficient (Wildman–Crippen LogP) is 7.71. The van der Waals surface area contributed by atoms with Gasteiger partial charge in [-0.25, -0.2) is 4.57 Å². The number of pyridine rings is 2. The Hall–Kier alpha value is -3.13. The Morgan fingerprint density at radius 2 is 1.61 bits per heavy atom. The van der Waals surface area contributed by atoms with Crippen LogP contribution in [0.5, 0.6) is 0 Å². The van der Waals surface area contributed by atoms with Crippen LogP contribution in [-0.4, -0.2) is 4.40 Å². The van der Waals surface area contributed by atoms with Gasteiger partial charge in [-0.05, 0) is 91.8 Å². The summed E-state index contributed by atoms with van der Waals surface area (Å²) in [5.41, 5.74) is 12.6. The molecule has 3 aromatic heterocycles. The summed E-state index contributed by atoms with van der Waals surface area (Å²) in [7, 11) is 2.22. The fraction of sp³-hybridized carbons (Fsp3) is 0.323. The molecule has 2 heteroatoms. The lowest BCUT2D eigenvalue weighted by Gasteiger charge is -2.18. The van der Waals surface area contributed by atoms with Crippen molar-refractivity contribution in [2.24, 2.45) is 7.05 Å². The van der Waals surface area contributed by atoms with Gasteiger partial charge in [0.15, 0.2) is 6.20 Å². The van der Waals surface area contributed by atoms with Crippen LogP contribution in [0.25, 0.3) is 49.0 Å². The van der Waals surface area contributed by atoms with Crippen molar-refractivity contribution in [3.63, 3.8) is 0 Å². The Kier molecular flexibility index (Phi) is 3.79. The Labute approximate surface area is 194 Å². The van der Waals surface area contributed by atoms with Crippen molar-refractivity contribution in [3.05, 3.63) is 70.4 Å². The van der Waals surface area contributed by atoms with E-state index < -0.39 is 0 Å². The second kappa shape index (κ2) is 6.47. The largest absolute Gasteiger partial charge is 0.307 e. The molecule has 0 bridgehead atoms. The number of benzene rings is 3. The predicted molar refractivity (Wildman–Crippen MR) is 140 cm³/mol. The molecule has 0 saturated heterocycles. The van der Waals surface area contributed by atoms with Gasteiger partial charge in [-0.15, -0.1) is 0 Å².